The highest BCUT2D eigenvalue weighted by atomic mass is 35.5. The minimum atomic E-state index is -0.0509. The van der Waals surface area contributed by atoms with Crippen LogP contribution in [-0.2, 0) is 11.2 Å². The van der Waals surface area contributed by atoms with Gasteiger partial charge in [0, 0.05) is 10.7 Å². The Kier molecular flexibility index (Phi) is 3.98. The summed E-state index contributed by atoms with van der Waals surface area (Å²) in [5.41, 5.74) is 4.30. The standard InChI is InChI=1S/C18H18ClNO/c1-12-11-14(19)9-10-17(12)20-18(21)16-8-4-6-13-5-2-3-7-15(13)16/h2-3,5,7,9-11,16H,4,6,8H2,1H3,(H,20,21)/t16-/m1/s1. The van der Waals surface area contributed by atoms with Crippen molar-refractivity contribution in [3.63, 3.8) is 0 Å². The highest BCUT2D eigenvalue weighted by Gasteiger charge is 2.26. The van der Waals surface area contributed by atoms with E-state index < -0.39 is 0 Å². The fourth-order valence-electron chi connectivity index (χ4n) is 3.01. The molecule has 1 aliphatic carbocycles. The van der Waals surface area contributed by atoms with Gasteiger partial charge in [-0.25, -0.2) is 0 Å². The van der Waals surface area contributed by atoms with Crippen molar-refractivity contribution in [2.75, 3.05) is 5.32 Å². The Balaban J connectivity index is 1.83. The predicted molar refractivity (Wildman–Crippen MR) is 86.9 cm³/mol. The van der Waals surface area contributed by atoms with Crippen LogP contribution in [0.1, 0.15) is 35.4 Å². The van der Waals surface area contributed by atoms with Gasteiger partial charge >= 0.3 is 0 Å². The lowest BCUT2D eigenvalue weighted by atomic mass is 9.82. The van der Waals surface area contributed by atoms with Crippen LogP contribution in [0.15, 0.2) is 42.5 Å². The third-order valence-corrected chi connectivity index (χ3v) is 4.37. The molecule has 1 amide bonds. The number of nitrogens with one attached hydrogen (secondary N) is 1. The van der Waals surface area contributed by atoms with Crippen LogP contribution in [0.3, 0.4) is 0 Å². The molecule has 0 fully saturated rings. The summed E-state index contributed by atoms with van der Waals surface area (Å²) in [6, 6.07) is 13.8. The van der Waals surface area contributed by atoms with Crippen molar-refractivity contribution in [3.8, 4) is 0 Å². The number of hydrogen-bond acceptors (Lipinski definition) is 1. The first-order chi connectivity index (χ1) is 10.1. The Morgan fingerprint density at radius 3 is 2.86 bits per heavy atom. The maximum absolute atomic E-state index is 12.6. The molecule has 1 N–H and O–H groups in total. The van der Waals surface area contributed by atoms with E-state index in [4.69, 9.17) is 11.6 Å². The number of benzene rings is 2. The molecule has 2 aromatic carbocycles. The van der Waals surface area contributed by atoms with Crippen molar-refractivity contribution in [2.45, 2.75) is 32.1 Å². The lowest BCUT2D eigenvalue weighted by Gasteiger charge is -2.25. The number of hydrogen-bond donors (Lipinski definition) is 1. The molecular formula is C18H18ClNO. The molecule has 21 heavy (non-hydrogen) atoms. The zero-order valence-electron chi connectivity index (χ0n) is 12.0. The van der Waals surface area contributed by atoms with E-state index in [1.54, 1.807) is 6.07 Å². The van der Waals surface area contributed by atoms with Crippen LogP contribution in [-0.4, -0.2) is 5.91 Å². The molecule has 0 spiro atoms. The van der Waals surface area contributed by atoms with Crippen molar-refractivity contribution >= 4 is 23.2 Å². The summed E-state index contributed by atoms with van der Waals surface area (Å²) in [5, 5.41) is 3.74. The number of carbonyl (C=O) groups excluding carboxylic acids is 1. The van der Waals surface area contributed by atoms with Gasteiger partial charge in [0.2, 0.25) is 5.91 Å². The van der Waals surface area contributed by atoms with Crippen LogP contribution in [0.2, 0.25) is 5.02 Å². The molecule has 0 aromatic heterocycles. The topological polar surface area (TPSA) is 29.1 Å². The van der Waals surface area contributed by atoms with Gasteiger partial charge in [-0.15, -0.1) is 0 Å². The van der Waals surface area contributed by atoms with Crippen LogP contribution in [0, 0.1) is 6.92 Å². The van der Waals surface area contributed by atoms with Crippen LogP contribution in [0.4, 0.5) is 5.69 Å². The van der Waals surface area contributed by atoms with Gasteiger partial charge in [0.15, 0.2) is 0 Å². The van der Waals surface area contributed by atoms with Crippen LogP contribution in [0.25, 0.3) is 0 Å². The molecule has 2 nitrogen and oxygen atoms in total. The lowest BCUT2D eigenvalue weighted by Crippen LogP contribution is -2.25. The van der Waals surface area contributed by atoms with Crippen molar-refractivity contribution in [2.24, 2.45) is 0 Å². The molecular weight excluding hydrogens is 282 g/mol. The first-order valence-corrected chi connectivity index (χ1v) is 7.68. The van der Waals surface area contributed by atoms with Crippen molar-refractivity contribution in [1.29, 1.82) is 0 Å². The average Bonchev–Trinajstić information content (AvgIpc) is 2.49. The molecule has 0 bridgehead atoms. The molecule has 0 radical (unpaired) electrons. The number of halogens is 1. The van der Waals surface area contributed by atoms with Crippen molar-refractivity contribution in [1.82, 2.24) is 0 Å². The highest BCUT2D eigenvalue weighted by Crippen LogP contribution is 2.32. The van der Waals surface area contributed by atoms with Gasteiger partial charge in [0.25, 0.3) is 0 Å². The Labute approximate surface area is 130 Å². The first kappa shape index (κ1) is 14.2. The second-order valence-corrected chi connectivity index (χ2v) is 6.03. The van der Waals surface area contributed by atoms with E-state index in [-0.39, 0.29) is 11.8 Å². The second-order valence-electron chi connectivity index (χ2n) is 5.59. The number of anilines is 1. The quantitative estimate of drug-likeness (QED) is 0.855. The minimum Gasteiger partial charge on any atom is -0.325 e. The van der Waals surface area contributed by atoms with E-state index in [9.17, 15) is 4.79 Å². The third-order valence-electron chi connectivity index (χ3n) is 4.13. The molecule has 1 aliphatic rings. The summed E-state index contributed by atoms with van der Waals surface area (Å²) in [7, 11) is 0. The molecule has 0 aliphatic heterocycles. The Morgan fingerprint density at radius 1 is 1.24 bits per heavy atom. The summed E-state index contributed by atoms with van der Waals surface area (Å²) in [6.45, 7) is 1.95. The van der Waals surface area contributed by atoms with Gasteiger partial charge in [-0.1, -0.05) is 35.9 Å². The predicted octanol–water partition coefficient (Wildman–Crippen LogP) is 4.71. The van der Waals surface area contributed by atoms with Gasteiger partial charge in [0.05, 0.1) is 5.92 Å². The Bertz CT molecular complexity index is 681. The normalized spacial score (nSPS) is 17.1. The number of fused-ring (bicyclic) bond motifs is 1. The molecule has 108 valence electrons. The Morgan fingerprint density at radius 2 is 2.05 bits per heavy atom. The summed E-state index contributed by atoms with van der Waals surface area (Å²) in [6.07, 6.45) is 3.05. The van der Waals surface area contributed by atoms with E-state index in [0.717, 1.165) is 30.5 Å². The zero-order valence-corrected chi connectivity index (χ0v) is 12.8. The molecule has 3 rings (SSSR count). The third kappa shape index (κ3) is 2.96. The van der Waals surface area contributed by atoms with E-state index in [1.807, 2.05) is 31.2 Å². The summed E-state index contributed by atoms with van der Waals surface area (Å²) >= 11 is 5.96. The number of carbonyl (C=O) groups is 1. The maximum atomic E-state index is 12.6. The summed E-state index contributed by atoms with van der Waals surface area (Å²) < 4.78 is 0. The zero-order chi connectivity index (χ0) is 14.8. The summed E-state index contributed by atoms with van der Waals surface area (Å²) in [5.74, 6) is 0.0256. The molecule has 0 saturated carbocycles. The maximum Gasteiger partial charge on any atom is 0.231 e. The number of aryl methyl sites for hydroxylation is 2. The lowest BCUT2D eigenvalue weighted by molar-refractivity contribution is -0.117. The molecule has 1 atom stereocenters. The summed E-state index contributed by atoms with van der Waals surface area (Å²) in [4.78, 5) is 12.6. The first-order valence-electron chi connectivity index (χ1n) is 7.30. The number of rotatable bonds is 2. The van der Waals surface area contributed by atoms with Crippen molar-refractivity contribution in [3.05, 3.63) is 64.2 Å². The van der Waals surface area contributed by atoms with Gasteiger partial charge in [0.1, 0.15) is 0 Å². The largest absolute Gasteiger partial charge is 0.325 e. The molecule has 0 unspecified atom stereocenters. The molecule has 0 heterocycles. The minimum absolute atomic E-state index is 0.0509. The van der Waals surface area contributed by atoms with E-state index in [0.29, 0.717) is 5.02 Å². The van der Waals surface area contributed by atoms with Gasteiger partial charge in [-0.05, 0) is 61.1 Å². The Hall–Kier alpha value is -1.80. The van der Waals surface area contributed by atoms with Crippen LogP contribution >= 0.6 is 11.6 Å². The van der Waals surface area contributed by atoms with Gasteiger partial charge in [-0.3, -0.25) is 4.79 Å². The van der Waals surface area contributed by atoms with Crippen LogP contribution < -0.4 is 5.32 Å². The SMILES string of the molecule is Cc1cc(Cl)ccc1NC(=O)[C@@H]1CCCc2ccccc21. The monoisotopic (exact) mass is 299 g/mol. The number of amides is 1. The van der Waals surface area contributed by atoms with Gasteiger partial charge < -0.3 is 5.32 Å². The average molecular weight is 300 g/mol. The highest BCUT2D eigenvalue weighted by molar-refractivity contribution is 6.30. The van der Waals surface area contributed by atoms with E-state index in [1.165, 1.54) is 11.1 Å². The molecule has 0 saturated heterocycles. The van der Waals surface area contributed by atoms with Crippen LogP contribution in [0.5, 0.6) is 0 Å². The van der Waals surface area contributed by atoms with E-state index in [2.05, 4.69) is 17.4 Å². The second kappa shape index (κ2) is 5.90. The van der Waals surface area contributed by atoms with Gasteiger partial charge in [-0.2, -0.15) is 0 Å². The van der Waals surface area contributed by atoms with E-state index >= 15 is 0 Å². The fourth-order valence-corrected chi connectivity index (χ4v) is 3.24. The fraction of sp³-hybridized carbons (Fsp3) is 0.278. The smallest absolute Gasteiger partial charge is 0.231 e. The van der Waals surface area contributed by atoms with Crippen molar-refractivity contribution < 1.29 is 4.79 Å². The molecule has 3 heteroatoms. The molecule has 2 aromatic rings.